The van der Waals surface area contributed by atoms with Crippen LogP contribution in [0.15, 0.2) is 81.7 Å². The fourth-order valence-electron chi connectivity index (χ4n) is 3.14. The van der Waals surface area contributed by atoms with Gasteiger partial charge in [-0.25, -0.2) is 14.1 Å². The zero-order chi connectivity index (χ0) is 22.5. The molecule has 0 aliphatic heterocycles. The predicted octanol–water partition coefficient (Wildman–Crippen LogP) is 3.42. The number of nitrogens with one attached hydrogen (secondary N) is 1. The van der Waals surface area contributed by atoms with Crippen LogP contribution in [0.4, 0.5) is 9.52 Å². The number of rotatable bonds is 7. The standard InChI is InChI=1S/C23H19FN4O3S/c24-18-8-6-16(7-9-18)14-27(21(30)12-13-28-22(31)11-10-20(29)26-28)23-25-19(15-32-23)17-4-2-1-3-5-17/h1-11,15H,12-14H2,(H,26,29). The highest BCUT2D eigenvalue weighted by atomic mass is 32.1. The average Bonchev–Trinajstić information content (AvgIpc) is 3.29. The summed E-state index contributed by atoms with van der Waals surface area (Å²) >= 11 is 1.32. The molecule has 2 aromatic heterocycles. The van der Waals surface area contributed by atoms with Gasteiger partial charge in [0, 0.05) is 29.5 Å². The van der Waals surface area contributed by atoms with Crippen molar-refractivity contribution in [3.8, 4) is 11.3 Å². The van der Waals surface area contributed by atoms with Crippen LogP contribution in [0.2, 0.25) is 0 Å². The summed E-state index contributed by atoms with van der Waals surface area (Å²) < 4.78 is 14.4. The van der Waals surface area contributed by atoms with E-state index >= 15 is 0 Å². The Morgan fingerprint density at radius 2 is 1.78 bits per heavy atom. The number of aromatic amines is 1. The number of nitrogens with zero attached hydrogens (tertiary/aromatic N) is 3. The van der Waals surface area contributed by atoms with E-state index in [0.29, 0.717) is 5.13 Å². The maximum atomic E-state index is 13.3. The quantitative estimate of drug-likeness (QED) is 0.467. The molecule has 0 aliphatic rings. The van der Waals surface area contributed by atoms with Gasteiger partial charge in [-0.1, -0.05) is 42.5 Å². The fraction of sp³-hybridized carbons (Fsp3) is 0.130. The van der Waals surface area contributed by atoms with Gasteiger partial charge in [0.05, 0.1) is 18.8 Å². The van der Waals surface area contributed by atoms with Crippen molar-refractivity contribution in [2.45, 2.75) is 19.5 Å². The normalized spacial score (nSPS) is 10.8. The van der Waals surface area contributed by atoms with Crippen molar-refractivity contribution < 1.29 is 9.18 Å². The smallest absolute Gasteiger partial charge is 0.265 e. The zero-order valence-corrected chi connectivity index (χ0v) is 17.7. The first-order chi connectivity index (χ1) is 15.5. The monoisotopic (exact) mass is 450 g/mol. The first-order valence-electron chi connectivity index (χ1n) is 9.85. The molecule has 0 bridgehead atoms. The van der Waals surface area contributed by atoms with Crippen molar-refractivity contribution >= 4 is 22.4 Å². The van der Waals surface area contributed by atoms with Crippen molar-refractivity contribution in [1.82, 2.24) is 14.8 Å². The molecule has 0 aliphatic carbocycles. The summed E-state index contributed by atoms with van der Waals surface area (Å²) in [7, 11) is 0. The van der Waals surface area contributed by atoms with Crippen molar-refractivity contribution in [2.75, 3.05) is 4.90 Å². The molecule has 4 rings (SSSR count). The maximum Gasteiger partial charge on any atom is 0.265 e. The first kappa shape index (κ1) is 21.4. The lowest BCUT2D eigenvalue weighted by molar-refractivity contribution is -0.119. The van der Waals surface area contributed by atoms with E-state index < -0.39 is 11.1 Å². The molecule has 0 spiro atoms. The van der Waals surface area contributed by atoms with Gasteiger partial charge in [-0.05, 0) is 17.7 Å². The Bertz CT molecular complexity index is 1330. The third kappa shape index (κ3) is 5.06. The second-order valence-electron chi connectivity index (χ2n) is 7.04. The number of carbonyl (C=O) groups excluding carboxylic acids is 1. The van der Waals surface area contributed by atoms with Gasteiger partial charge >= 0.3 is 0 Å². The largest absolute Gasteiger partial charge is 0.284 e. The number of thiazole rings is 1. The number of hydrogen-bond donors (Lipinski definition) is 1. The van der Waals surface area contributed by atoms with Gasteiger partial charge in [-0.15, -0.1) is 11.3 Å². The van der Waals surface area contributed by atoms with Crippen LogP contribution in [-0.4, -0.2) is 20.7 Å². The van der Waals surface area contributed by atoms with E-state index in [4.69, 9.17) is 0 Å². The third-order valence-corrected chi connectivity index (χ3v) is 5.65. The number of benzene rings is 2. The van der Waals surface area contributed by atoms with Crippen LogP contribution < -0.4 is 16.0 Å². The Morgan fingerprint density at radius 3 is 2.53 bits per heavy atom. The highest BCUT2D eigenvalue weighted by Crippen LogP contribution is 2.29. The lowest BCUT2D eigenvalue weighted by atomic mass is 10.2. The average molecular weight is 450 g/mol. The van der Waals surface area contributed by atoms with E-state index in [1.54, 1.807) is 12.1 Å². The highest BCUT2D eigenvalue weighted by Gasteiger charge is 2.20. The van der Waals surface area contributed by atoms with Crippen molar-refractivity contribution in [3.05, 3.63) is 104 Å². The van der Waals surface area contributed by atoms with Crippen molar-refractivity contribution in [3.63, 3.8) is 0 Å². The molecule has 0 saturated carbocycles. The highest BCUT2D eigenvalue weighted by molar-refractivity contribution is 7.14. The van der Waals surface area contributed by atoms with Crippen LogP contribution in [0.25, 0.3) is 11.3 Å². The van der Waals surface area contributed by atoms with Gasteiger partial charge in [0.2, 0.25) is 5.91 Å². The van der Waals surface area contributed by atoms with E-state index in [1.165, 1.54) is 28.4 Å². The van der Waals surface area contributed by atoms with Crippen LogP contribution in [0.5, 0.6) is 0 Å². The van der Waals surface area contributed by atoms with E-state index in [9.17, 15) is 18.8 Å². The lowest BCUT2D eigenvalue weighted by Crippen LogP contribution is -2.34. The number of carbonyl (C=O) groups is 1. The SMILES string of the molecule is O=C(CCn1[nH]c(=O)ccc1=O)N(Cc1ccc(F)cc1)c1nc(-c2ccccc2)cs1. The van der Waals surface area contributed by atoms with Gasteiger partial charge in [0.15, 0.2) is 5.13 Å². The van der Waals surface area contributed by atoms with E-state index in [-0.39, 0.29) is 31.2 Å². The third-order valence-electron chi connectivity index (χ3n) is 4.79. The minimum absolute atomic E-state index is 0.0184. The van der Waals surface area contributed by atoms with E-state index in [0.717, 1.165) is 33.6 Å². The number of H-pyrrole nitrogens is 1. The van der Waals surface area contributed by atoms with Gasteiger partial charge in [-0.3, -0.25) is 24.4 Å². The molecule has 2 heterocycles. The minimum atomic E-state index is -0.423. The molecule has 0 radical (unpaired) electrons. The Labute approximate surface area is 186 Å². The molecular weight excluding hydrogens is 431 g/mol. The Morgan fingerprint density at radius 1 is 1.03 bits per heavy atom. The number of amides is 1. The van der Waals surface area contributed by atoms with Crippen molar-refractivity contribution in [1.29, 1.82) is 0 Å². The van der Waals surface area contributed by atoms with Crippen LogP contribution in [0.3, 0.4) is 0 Å². The number of anilines is 1. The van der Waals surface area contributed by atoms with Crippen LogP contribution in [0.1, 0.15) is 12.0 Å². The molecule has 1 N–H and O–H groups in total. The zero-order valence-electron chi connectivity index (χ0n) is 16.9. The molecule has 0 unspecified atom stereocenters. The van der Waals surface area contributed by atoms with Gasteiger partial charge < -0.3 is 0 Å². The van der Waals surface area contributed by atoms with E-state index in [2.05, 4.69) is 10.1 Å². The molecule has 4 aromatic rings. The summed E-state index contributed by atoms with van der Waals surface area (Å²) in [6.45, 7) is 0.214. The van der Waals surface area contributed by atoms with E-state index in [1.807, 2.05) is 35.7 Å². The molecule has 1 amide bonds. The van der Waals surface area contributed by atoms with Crippen LogP contribution >= 0.6 is 11.3 Å². The maximum absolute atomic E-state index is 13.3. The molecule has 7 nitrogen and oxygen atoms in total. The summed E-state index contributed by atoms with van der Waals surface area (Å²) in [6.07, 6.45) is -0.0265. The number of hydrogen-bond acceptors (Lipinski definition) is 5. The Kier molecular flexibility index (Phi) is 6.37. The molecule has 2 aromatic carbocycles. The summed E-state index contributed by atoms with van der Waals surface area (Å²) in [5.41, 5.74) is 1.58. The van der Waals surface area contributed by atoms with Crippen LogP contribution in [0, 0.1) is 5.82 Å². The molecule has 32 heavy (non-hydrogen) atoms. The lowest BCUT2D eigenvalue weighted by Gasteiger charge is -2.20. The summed E-state index contributed by atoms with van der Waals surface area (Å²) in [4.78, 5) is 42.7. The second-order valence-corrected chi connectivity index (χ2v) is 7.87. The molecule has 0 atom stereocenters. The first-order valence-corrected chi connectivity index (χ1v) is 10.7. The van der Waals surface area contributed by atoms with Gasteiger partial charge in [-0.2, -0.15) is 0 Å². The topological polar surface area (TPSA) is 88.1 Å². The summed E-state index contributed by atoms with van der Waals surface area (Å²) in [6, 6.07) is 17.8. The Hall–Kier alpha value is -3.85. The molecular formula is C23H19FN4O3S. The molecule has 162 valence electrons. The number of halogens is 1. The van der Waals surface area contributed by atoms with Crippen LogP contribution in [-0.2, 0) is 17.9 Å². The van der Waals surface area contributed by atoms with Gasteiger partial charge in [0.1, 0.15) is 5.82 Å². The molecule has 0 saturated heterocycles. The predicted molar refractivity (Wildman–Crippen MR) is 121 cm³/mol. The fourth-order valence-corrected chi connectivity index (χ4v) is 3.99. The number of aryl methyl sites for hydroxylation is 1. The second kappa shape index (κ2) is 9.52. The van der Waals surface area contributed by atoms with Crippen molar-refractivity contribution in [2.24, 2.45) is 0 Å². The molecule has 0 fully saturated rings. The number of aromatic nitrogens is 3. The summed E-state index contributed by atoms with van der Waals surface area (Å²) in [5.74, 6) is -0.639. The minimum Gasteiger partial charge on any atom is -0.284 e. The molecule has 9 heteroatoms. The Balaban J connectivity index is 1.60. The summed E-state index contributed by atoms with van der Waals surface area (Å²) in [5, 5.41) is 4.78. The van der Waals surface area contributed by atoms with Gasteiger partial charge in [0.25, 0.3) is 11.1 Å².